The molecule has 0 radical (unpaired) electrons. The van der Waals surface area contributed by atoms with Gasteiger partial charge in [-0.3, -0.25) is 0 Å². The van der Waals surface area contributed by atoms with Crippen LogP contribution in [-0.4, -0.2) is 33.5 Å². The lowest BCUT2D eigenvalue weighted by Crippen LogP contribution is -2.17. The molecule has 0 aliphatic rings. The second-order valence-electron chi connectivity index (χ2n) is 4.84. The summed E-state index contributed by atoms with van der Waals surface area (Å²) in [7, 11) is 1.66. The van der Waals surface area contributed by atoms with E-state index in [4.69, 9.17) is 9.15 Å². The molecule has 3 aromatic rings. The van der Waals surface area contributed by atoms with Gasteiger partial charge in [-0.05, 0) is 38.1 Å². The highest BCUT2D eigenvalue weighted by Gasteiger charge is 2.16. The predicted molar refractivity (Wildman–Crippen MR) is 77.2 cm³/mol. The fraction of sp³-hybridized carbons (Fsp3) is 0.357. The van der Waals surface area contributed by atoms with Crippen molar-refractivity contribution >= 4 is 11.5 Å². The number of ether oxygens (including phenoxy) is 1. The van der Waals surface area contributed by atoms with E-state index in [-0.39, 0.29) is 6.04 Å². The maximum atomic E-state index is 5.66. The molecule has 0 unspecified atom stereocenters. The molecular weight excluding hydrogens is 270 g/mol. The van der Waals surface area contributed by atoms with Crippen molar-refractivity contribution in [2.45, 2.75) is 19.9 Å². The van der Waals surface area contributed by atoms with Crippen molar-refractivity contribution in [1.82, 2.24) is 19.8 Å². The molecule has 1 atom stereocenters. The molecule has 1 N–H and O–H groups in total. The van der Waals surface area contributed by atoms with E-state index in [2.05, 4.69) is 20.6 Å². The van der Waals surface area contributed by atoms with Gasteiger partial charge in [0.2, 0.25) is 0 Å². The number of hydrogen-bond acceptors (Lipinski definition) is 6. The first-order valence-corrected chi connectivity index (χ1v) is 6.68. The lowest BCUT2D eigenvalue weighted by molar-refractivity contribution is 0.178. The molecule has 0 aromatic carbocycles. The highest BCUT2D eigenvalue weighted by atomic mass is 16.5. The fourth-order valence-electron chi connectivity index (χ4n) is 2.15. The van der Waals surface area contributed by atoms with E-state index in [1.807, 2.05) is 38.1 Å². The minimum absolute atomic E-state index is 0.106. The summed E-state index contributed by atoms with van der Waals surface area (Å²) in [6.45, 7) is 4.26. The Bertz CT molecular complexity index is 749. The van der Waals surface area contributed by atoms with Crippen LogP contribution >= 0.6 is 0 Å². The standard InChI is InChI=1S/C14H17N5O2/c1-9-4-5-12(21-9)11(8-20-3)15-13-6-7-14-17-16-10(2)19(14)18-13/h4-7,11H,8H2,1-3H3,(H,15,18)/t11-/m1/s1. The lowest BCUT2D eigenvalue weighted by Gasteiger charge is -2.16. The summed E-state index contributed by atoms with van der Waals surface area (Å²) < 4.78 is 12.6. The van der Waals surface area contributed by atoms with Gasteiger partial charge in [-0.2, -0.15) is 4.52 Å². The molecule has 3 rings (SSSR count). The van der Waals surface area contributed by atoms with E-state index in [1.165, 1.54) is 0 Å². The van der Waals surface area contributed by atoms with Crippen molar-refractivity contribution in [1.29, 1.82) is 0 Å². The molecule has 7 nitrogen and oxygen atoms in total. The Hall–Kier alpha value is -2.41. The molecule has 0 fully saturated rings. The molecular formula is C14H17N5O2. The predicted octanol–water partition coefficient (Wildman–Crippen LogP) is 2.13. The van der Waals surface area contributed by atoms with Crippen molar-refractivity contribution in [3.63, 3.8) is 0 Å². The average molecular weight is 287 g/mol. The maximum absolute atomic E-state index is 5.66. The smallest absolute Gasteiger partial charge is 0.178 e. The first kappa shape index (κ1) is 13.6. The van der Waals surface area contributed by atoms with Gasteiger partial charge in [0, 0.05) is 7.11 Å². The van der Waals surface area contributed by atoms with E-state index in [9.17, 15) is 0 Å². The van der Waals surface area contributed by atoms with Gasteiger partial charge >= 0.3 is 0 Å². The van der Waals surface area contributed by atoms with Gasteiger partial charge in [0.25, 0.3) is 0 Å². The Kier molecular flexibility index (Phi) is 3.57. The van der Waals surface area contributed by atoms with E-state index < -0.39 is 0 Å². The largest absolute Gasteiger partial charge is 0.464 e. The highest BCUT2D eigenvalue weighted by molar-refractivity contribution is 5.44. The van der Waals surface area contributed by atoms with Crippen molar-refractivity contribution in [3.8, 4) is 0 Å². The Morgan fingerprint density at radius 3 is 2.81 bits per heavy atom. The summed E-state index contributed by atoms with van der Waals surface area (Å²) in [6.07, 6.45) is 0. The number of methoxy groups -OCH3 is 1. The third kappa shape index (κ3) is 2.73. The monoisotopic (exact) mass is 287 g/mol. The molecule has 3 aromatic heterocycles. The Morgan fingerprint density at radius 2 is 2.10 bits per heavy atom. The van der Waals surface area contributed by atoms with E-state index >= 15 is 0 Å². The van der Waals surface area contributed by atoms with Gasteiger partial charge in [0.15, 0.2) is 11.5 Å². The van der Waals surface area contributed by atoms with Crippen molar-refractivity contribution in [3.05, 3.63) is 41.6 Å². The molecule has 21 heavy (non-hydrogen) atoms. The third-order valence-corrected chi connectivity index (χ3v) is 3.18. The Morgan fingerprint density at radius 1 is 1.24 bits per heavy atom. The van der Waals surface area contributed by atoms with Gasteiger partial charge in [-0.1, -0.05) is 0 Å². The molecule has 0 bridgehead atoms. The molecule has 0 spiro atoms. The first-order chi connectivity index (χ1) is 10.2. The second-order valence-corrected chi connectivity index (χ2v) is 4.84. The first-order valence-electron chi connectivity index (χ1n) is 6.68. The van der Waals surface area contributed by atoms with Crippen LogP contribution < -0.4 is 5.32 Å². The quantitative estimate of drug-likeness (QED) is 0.774. The summed E-state index contributed by atoms with van der Waals surface area (Å²) in [6, 6.07) is 7.49. The van der Waals surface area contributed by atoms with E-state index in [0.29, 0.717) is 12.4 Å². The lowest BCUT2D eigenvalue weighted by atomic mass is 10.2. The minimum Gasteiger partial charge on any atom is -0.464 e. The van der Waals surface area contributed by atoms with E-state index in [1.54, 1.807) is 11.6 Å². The Balaban J connectivity index is 1.88. The minimum atomic E-state index is -0.106. The normalized spacial score (nSPS) is 12.7. The summed E-state index contributed by atoms with van der Waals surface area (Å²) in [5.41, 5.74) is 0.718. The van der Waals surface area contributed by atoms with Crippen LogP contribution in [0.1, 0.15) is 23.4 Å². The van der Waals surface area contributed by atoms with Crippen LogP contribution in [-0.2, 0) is 4.74 Å². The number of furan rings is 1. The van der Waals surface area contributed by atoms with Gasteiger partial charge < -0.3 is 14.5 Å². The molecule has 0 saturated carbocycles. The molecule has 0 aliphatic heterocycles. The Labute approximate surface area is 121 Å². The number of rotatable bonds is 5. The van der Waals surface area contributed by atoms with Gasteiger partial charge in [0.1, 0.15) is 23.4 Å². The number of anilines is 1. The summed E-state index contributed by atoms with van der Waals surface area (Å²) in [5, 5.41) is 15.8. The van der Waals surface area contributed by atoms with Crippen LogP contribution in [0, 0.1) is 13.8 Å². The van der Waals surface area contributed by atoms with Crippen LogP contribution in [0.4, 0.5) is 5.82 Å². The number of nitrogens with one attached hydrogen (secondary N) is 1. The number of nitrogens with zero attached hydrogens (tertiary/aromatic N) is 4. The number of fused-ring (bicyclic) bond motifs is 1. The number of aromatic nitrogens is 4. The average Bonchev–Trinajstić information content (AvgIpc) is 3.06. The molecule has 0 amide bonds. The van der Waals surface area contributed by atoms with Gasteiger partial charge in [0.05, 0.1) is 6.61 Å². The molecule has 110 valence electrons. The van der Waals surface area contributed by atoms with Crippen LogP contribution in [0.25, 0.3) is 5.65 Å². The number of hydrogen-bond donors (Lipinski definition) is 1. The molecule has 0 saturated heterocycles. The van der Waals surface area contributed by atoms with Crippen molar-refractivity contribution in [2.75, 3.05) is 19.0 Å². The van der Waals surface area contributed by atoms with Crippen LogP contribution in [0.15, 0.2) is 28.7 Å². The second kappa shape index (κ2) is 5.53. The zero-order valence-electron chi connectivity index (χ0n) is 12.2. The maximum Gasteiger partial charge on any atom is 0.178 e. The molecule has 7 heteroatoms. The van der Waals surface area contributed by atoms with Crippen LogP contribution in [0.2, 0.25) is 0 Å². The van der Waals surface area contributed by atoms with Crippen molar-refractivity contribution < 1.29 is 9.15 Å². The van der Waals surface area contributed by atoms with Crippen molar-refractivity contribution in [2.24, 2.45) is 0 Å². The molecule has 0 aliphatic carbocycles. The van der Waals surface area contributed by atoms with Gasteiger partial charge in [-0.15, -0.1) is 15.3 Å². The summed E-state index contributed by atoms with van der Waals surface area (Å²) in [4.78, 5) is 0. The zero-order valence-corrected chi connectivity index (χ0v) is 12.2. The fourth-order valence-corrected chi connectivity index (χ4v) is 2.15. The third-order valence-electron chi connectivity index (χ3n) is 3.18. The van der Waals surface area contributed by atoms with E-state index in [0.717, 1.165) is 23.0 Å². The SMILES string of the molecule is COC[C@@H](Nc1ccc2nnc(C)n2n1)c1ccc(C)o1. The zero-order chi connectivity index (χ0) is 14.8. The summed E-state index contributed by atoms with van der Waals surface area (Å²) >= 11 is 0. The molecule has 3 heterocycles. The summed E-state index contributed by atoms with van der Waals surface area (Å²) in [5.74, 6) is 3.13. The van der Waals surface area contributed by atoms with Gasteiger partial charge in [-0.25, -0.2) is 0 Å². The van der Waals surface area contributed by atoms with Crippen LogP contribution in [0.5, 0.6) is 0 Å². The number of aryl methyl sites for hydroxylation is 2. The topological polar surface area (TPSA) is 77.5 Å². The van der Waals surface area contributed by atoms with Crippen LogP contribution in [0.3, 0.4) is 0 Å². The highest BCUT2D eigenvalue weighted by Crippen LogP contribution is 2.21.